The Kier molecular flexibility index (Phi) is 3.80. The van der Waals surface area contributed by atoms with Crippen LogP contribution in [-0.2, 0) is 12.2 Å². The van der Waals surface area contributed by atoms with Crippen molar-refractivity contribution in [1.82, 2.24) is 0 Å². The highest BCUT2D eigenvalue weighted by Crippen LogP contribution is 2.29. The molecule has 0 bridgehead atoms. The van der Waals surface area contributed by atoms with Crippen LogP contribution in [0.5, 0.6) is 0 Å². The molecule has 0 saturated carbocycles. The average Bonchev–Trinajstić information content (AvgIpc) is 2.16. The summed E-state index contributed by atoms with van der Waals surface area (Å²) in [4.78, 5) is 0. The number of nitrogens with two attached hydrogens (primary N) is 1. The molecule has 0 aliphatic heterocycles. The summed E-state index contributed by atoms with van der Waals surface area (Å²) in [6.45, 7) is 4.26. The molecular formula is C11H16F3NSi. The van der Waals surface area contributed by atoms with Gasteiger partial charge >= 0.3 is 6.18 Å². The second-order valence-electron chi connectivity index (χ2n) is 4.74. The predicted molar refractivity (Wildman–Crippen MR) is 61.7 cm³/mol. The van der Waals surface area contributed by atoms with E-state index >= 15 is 0 Å². The van der Waals surface area contributed by atoms with Gasteiger partial charge in [0.25, 0.3) is 0 Å². The standard InChI is InChI=1S/C11H16F3NSi/c1-16(2,8-15)7-9-3-5-10(6-4-9)11(12,13)14/h3-6H,7-8,15H2,1-2H3. The molecule has 1 rings (SSSR count). The highest BCUT2D eigenvalue weighted by Gasteiger charge is 2.30. The molecule has 0 fully saturated rings. The van der Waals surface area contributed by atoms with Gasteiger partial charge in [-0.1, -0.05) is 30.8 Å². The van der Waals surface area contributed by atoms with Crippen LogP contribution < -0.4 is 5.73 Å². The van der Waals surface area contributed by atoms with Crippen LogP contribution in [0.3, 0.4) is 0 Å². The molecule has 0 aromatic heterocycles. The van der Waals surface area contributed by atoms with Crippen LogP contribution >= 0.6 is 0 Å². The van der Waals surface area contributed by atoms with Gasteiger partial charge in [0.15, 0.2) is 0 Å². The summed E-state index contributed by atoms with van der Waals surface area (Å²) in [6.07, 6.45) is -3.60. The predicted octanol–water partition coefficient (Wildman–Crippen LogP) is 2.99. The molecule has 0 heterocycles. The summed E-state index contributed by atoms with van der Waals surface area (Å²) in [7, 11) is -1.48. The summed E-state index contributed by atoms with van der Waals surface area (Å²) in [5.74, 6) is 0. The van der Waals surface area contributed by atoms with Crippen molar-refractivity contribution in [2.24, 2.45) is 5.73 Å². The van der Waals surface area contributed by atoms with Crippen LogP contribution in [-0.4, -0.2) is 14.2 Å². The summed E-state index contributed by atoms with van der Waals surface area (Å²) in [5.41, 5.74) is 5.98. The normalized spacial score (nSPS) is 12.9. The van der Waals surface area contributed by atoms with Gasteiger partial charge in [-0.25, -0.2) is 0 Å². The fourth-order valence-corrected chi connectivity index (χ4v) is 2.92. The van der Waals surface area contributed by atoms with Gasteiger partial charge in [-0.05, 0) is 24.3 Å². The van der Waals surface area contributed by atoms with Crippen LogP contribution in [0, 0.1) is 0 Å². The summed E-state index contributed by atoms with van der Waals surface area (Å²) in [6, 6.07) is 6.19. The van der Waals surface area contributed by atoms with Crippen LogP contribution in [0.4, 0.5) is 13.2 Å². The van der Waals surface area contributed by atoms with Gasteiger partial charge < -0.3 is 5.73 Å². The first-order valence-electron chi connectivity index (χ1n) is 5.11. The molecule has 1 aromatic carbocycles. The van der Waals surface area contributed by atoms with Crippen molar-refractivity contribution in [2.75, 3.05) is 6.17 Å². The summed E-state index contributed by atoms with van der Waals surface area (Å²) in [5, 5.41) is 0. The number of rotatable bonds is 3. The van der Waals surface area contributed by atoms with Crippen molar-refractivity contribution < 1.29 is 13.2 Å². The van der Waals surface area contributed by atoms with E-state index in [1.807, 2.05) is 0 Å². The second-order valence-corrected chi connectivity index (χ2v) is 9.83. The molecule has 16 heavy (non-hydrogen) atoms. The lowest BCUT2D eigenvalue weighted by Crippen LogP contribution is -2.39. The maximum atomic E-state index is 12.3. The Bertz CT molecular complexity index is 343. The van der Waals surface area contributed by atoms with E-state index in [0.29, 0.717) is 6.17 Å². The Hall–Kier alpha value is -0.813. The van der Waals surface area contributed by atoms with Gasteiger partial charge in [-0.15, -0.1) is 0 Å². The molecule has 0 spiro atoms. The van der Waals surface area contributed by atoms with Crippen molar-refractivity contribution in [2.45, 2.75) is 25.3 Å². The van der Waals surface area contributed by atoms with E-state index in [1.165, 1.54) is 0 Å². The number of hydrogen-bond donors (Lipinski definition) is 1. The van der Waals surface area contributed by atoms with E-state index in [4.69, 9.17) is 5.73 Å². The Morgan fingerprint density at radius 3 is 2.00 bits per heavy atom. The molecule has 0 saturated heterocycles. The minimum Gasteiger partial charge on any atom is -0.333 e. The molecule has 0 amide bonds. The molecule has 0 radical (unpaired) electrons. The van der Waals surface area contributed by atoms with E-state index in [-0.39, 0.29) is 0 Å². The van der Waals surface area contributed by atoms with E-state index < -0.39 is 19.8 Å². The van der Waals surface area contributed by atoms with E-state index in [0.717, 1.165) is 23.7 Å². The lowest BCUT2D eigenvalue weighted by Gasteiger charge is -2.20. The third-order valence-electron chi connectivity index (χ3n) is 2.52. The van der Waals surface area contributed by atoms with Gasteiger partial charge in [0.1, 0.15) is 0 Å². The molecule has 0 atom stereocenters. The van der Waals surface area contributed by atoms with Gasteiger partial charge in [0.2, 0.25) is 0 Å². The van der Waals surface area contributed by atoms with Crippen LogP contribution in [0.25, 0.3) is 0 Å². The zero-order valence-electron chi connectivity index (χ0n) is 9.43. The molecule has 90 valence electrons. The molecule has 1 nitrogen and oxygen atoms in total. The monoisotopic (exact) mass is 247 g/mol. The van der Waals surface area contributed by atoms with Crippen LogP contribution in [0.2, 0.25) is 13.1 Å². The maximum absolute atomic E-state index is 12.3. The number of benzene rings is 1. The average molecular weight is 247 g/mol. The van der Waals surface area contributed by atoms with Crippen molar-refractivity contribution in [3.63, 3.8) is 0 Å². The SMILES string of the molecule is C[Si](C)(CN)Cc1ccc(C(F)(F)F)cc1. The van der Waals surface area contributed by atoms with Gasteiger partial charge in [0, 0.05) is 0 Å². The number of alkyl halides is 3. The molecule has 0 aliphatic rings. The van der Waals surface area contributed by atoms with E-state index in [1.54, 1.807) is 12.1 Å². The first-order chi connectivity index (χ1) is 7.24. The van der Waals surface area contributed by atoms with E-state index in [2.05, 4.69) is 13.1 Å². The highest BCUT2D eigenvalue weighted by atomic mass is 28.3. The smallest absolute Gasteiger partial charge is 0.333 e. The summed E-state index contributed by atoms with van der Waals surface area (Å²) >= 11 is 0. The topological polar surface area (TPSA) is 26.0 Å². The first kappa shape index (κ1) is 13.3. The lowest BCUT2D eigenvalue weighted by atomic mass is 10.1. The maximum Gasteiger partial charge on any atom is 0.416 e. The second kappa shape index (κ2) is 4.59. The molecular weight excluding hydrogens is 231 g/mol. The van der Waals surface area contributed by atoms with Crippen LogP contribution in [0.1, 0.15) is 11.1 Å². The Morgan fingerprint density at radius 1 is 1.12 bits per heavy atom. The quantitative estimate of drug-likeness (QED) is 0.816. The van der Waals surface area contributed by atoms with Crippen molar-refractivity contribution in [3.05, 3.63) is 35.4 Å². The highest BCUT2D eigenvalue weighted by molar-refractivity contribution is 6.77. The molecule has 1 aromatic rings. The zero-order chi connectivity index (χ0) is 12.4. The first-order valence-corrected chi connectivity index (χ1v) is 8.52. The van der Waals surface area contributed by atoms with Gasteiger partial charge in [-0.3, -0.25) is 0 Å². The van der Waals surface area contributed by atoms with Crippen molar-refractivity contribution in [3.8, 4) is 0 Å². The molecule has 2 N–H and O–H groups in total. The lowest BCUT2D eigenvalue weighted by molar-refractivity contribution is -0.137. The fraction of sp³-hybridized carbons (Fsp3) is 0.455. The Morgan fingerprint density at radius 2 is 1.62 bits per heavy atom. The minimum atomic E-state index is -4.25. The minimum absolute atomic E-state index is 0.594. The molecule has 5 heteroatoms. The zero-order valence-corrected chi connectivity index (χ0v) is 10.4. The molecule has 0 unspecified atom stereocenters. The van der Waals surface area contributed by atoms with Crippen LogP contribution in [0.15, 0.2) is 24.3 Å². The van der Waals surface area contributed by atoms with Crippen molar-refractivity contribution in [1.29, 1.82) is 0 Å². The third kappa shape index (κ3) is 3.64. The van der Waals surface area contributed by atoms with Gasteiger partial charge in [-0.2, -0.15) is 13.2 Å². The third-order valence-corrected chi connectivity index (χ3v) is 4.99. The Labute approximate surface area is 94.5 Å². The number of hydrogen-bond acceptors (Lipinski definition) is 1. The van der Waals surface area contributed by atoms with Gasteiger partial charge in [0.05, 0.1) is 13.6 Å². The van der Waals surface area contributed by atoms with Crippen molar-refractivity contribution >= 4 is 8.07 Å². The number of halogens is 3. The Balaban J connectivity index is 2.80. The largest absolute Gasteiger partial charge is 0.416 e. The summed E-state index contributed by atoms with van der Waals surface area (Å²) < 4.78 is 36.9. The van der Waals surface area contributed by atoms with E-state index in [9.17, 15) is 13.2 Å². The molecule has 0 aliphatic carbocycles. The fourth-order valence-electron chi connectivity index (χ4n) is 1.44.